The number of rotatable bonds is 3. The number of aliphatic carboxylic acids is 1. The minimum Gasteiger partial charge on any atom is -0.477 e. The van der Waals surface area contributed by atoms with Gasteiger partial charge in [-0.15, -0.1) is 0 Å². The lowest BCUT2D eigenvalue weighted by atomic mass is 10.2. The highest BCUT2D eigenvalue weighted by Gasteiger charge is 2.08. The molecule has 78 valence electrons. The maximum absolute atomic E-state index is 10.8. The molecular formula is C11H11NO3. The molecule has 0 aliphatic carbocycles. The SMILES string of the molecule is CC(=O)N/C(=C/c1ccccc1)C(=O)O. The Morgan fingerprint density at radius 1 is 1.27 bits per heavy atom. The molecule has 0 spiro atoms. The molecule has 0 fully saturated rings. The largest absolute Gasteiger partial charge is 0.477 e. The number of carbonyl (C=O) groups excluding carboxylic acids is 1. The van der Waals surface area contributed by atoms with Gasteiger partial charge in [-0.1, -0.05) is 30.3 Å². The van der Waals surface area contributed by atoms with Crippen LogP contribution < -0.4 is 5.32 Å². The fraction of sp³-hybridized carbons (Fsp3) is 0.0909. The Kier molecular flexibility index (Phi) is 3.62. The molecule has 0 saturated heterocycles. The van der Waals surface area contributed by atoms with Crippen molar-refractivity contribution in [1.29, 1.82) is 0 Å². The van der Waals surface area contributed by atoms with E-state index >= 15 is 0 Å². The number of benzene rings is 1. The molecule has 0 bridgehead atoms. The summed E-state index contributed by atoms with van der Waals surface area (Å²) in [6, 6.07) is 8.92. The second kappa shape index (κ2) is 4.95. The van der Waals surface area contributed by atoms with Crippen molar-refractivity contribution in [3.8, 4) is 0 Å². The molecule has 4 heteroatoms. The Morgan fingerprint density at radius 3 is 2.33 bits per heavy atom. The summed E-state index contributed by atoms with van der Waals surface area (Å²) < 4.78 is 0. The number of carboxylic acid groups (broad SMARTS) is 1. The second-order valence-corrected chi connectivity index (χ2v) is 2.96. The number of hydrogen-bond donors (Lipinski definition) is 2. The van der Waals surface area contributed by atoms with Crippen LogP contribution in [-0.4, -0.2) is 17.0 Å². The van der Waals surface area contributed by atoms with Crippen molar-refractivity contribution in [3.63, 3.8) is 0 Å². The van der Waals surface area contributed by atoms with Gasteiger partial charge in [0.2, 0.25) is 5.91 Å². The summed E-state index contributed by atoms with van der Waals surface area (Å²) in [7, 11) is 0. The Labute approximate surface area is 87.2 Å². The molecule has 1 aromatic rings. The van der Waals surface area contributed by atoms with E-state index in [-0.39, 0.29) is 5.70 Å². The third-order valence-corrected chi connectivity index (χ3v) is 1.65. The van der Waals surface area contributed by atoms with E-state index < -0.39 is 11.9 Å². The van der Waals surface area contributed by atoms with E-state index in [2.05, 4.69) is 5.32 Å². The van der Waals surface area contributed by atoms with Gasteiger partial charge >= 0.3 is 5.97 Å². The zero-order chi connectivity index (χ0) is 11.3. The van der Waals surface area contributed by atoms with Gasteiger partial charge < -0.3 is 10.4 Å². The van der Waals surface area contributed by atoms with E-state index in [9.17, 15) is 9.59 Å². The highest BCUT2D eigenvalue weighted by Crippen LogP contribution is 2.04. The molecule has 4 nitrogen and oxygen atoms in total. The van der Waals surface area contributed by atoms with Gasteiger partial charge in [0.05, 0.1) is 0 Å². The fourth-order valence-electron chi connectivity index (χ4n) is 1.06. The molecule has 0 aliphatic rings. The van der Waals surface area contributed by atoms with Gasteiger partial charge in [0.15, 0.2) is 0 Å². The summed E-state index contributed by atoms with van der Waals surface area (Å²) in [6.07, 6.45) is 1.41. The van der Waals surface area contributed by atoms with Crippen molar-refractivity contribution in [1.82, 2.24) is 5.32 Å². The molecule has 1 amide bonds. The molecule has 0 saturated carbocycles. The van der Waals surface area contributed by atoms with Gasteiger partial charge in [-0.3, -0.25) is 4.79 Å². The Bertz CT molecular complexity index is 396. The third-order valence-electron chi connectivity index (χ3n) is 1.65. The molecule has 0 atom stereocenters. The lowest BCUT2D eigenvalue weighted by Gasteiger charge is -2.02. The molecule has 0 aliphatic heterocycles. The Hall–Kier alpha value is -2.10. The number of carboxylic acids is 1. The number of carbonyl (C=O) groups is 2. The molecule has 0 unspecified atom stereocenters. The summed E-state index contributed by atoms with van der Waals surface area (Å²) in [5.74, 6) is -1.56. The predicted molar refractivity (Wildman–Crippen MR) is 55.9 cm³/mol. The van der Waals surface area contributed by atoms with Gasteiger partial charge in [0, 0.05) is 6.92 Å². The minimum atomic E-state index is -1.16. The van der Waals surface area contributed by atoms with Gasteiger partial charge in [-0.2, -0.15) is 0 Å². The first-order valence-electron chi connectivity index (χ1n) is 4.37. The molecule has 0 radical (unpaired) electrons. The molecule has 2 N–H and O–H groups in total. The molecule has 0 heterocycles. The summed E-state index contributed by atoms with van der Waals surface area (Å²) in [5.41, 5.74) is 0.595. The first-order chi connectivity index (χ1) is 7.09. The van der Waals surface area contributed by atoms with E-state index in [0.717, 1.165) is 5.56 Å². The lowest BCUT2D eigenvalue weighted by molar-refractivity contribution is -0.134. The van der Waals surface area contributed by atoms with Crippen LogP contribution in [0, 0.1) is 0 Å². The van der Waals surface area contributed by atoms with Crippen LogP contribution in [0.4, 0.5) is 0 Å². The van der Waals surface area contributed by atoms with E-state index in [0.29, 0.717) is 0 Å². The van der Waals surface area contributed by atoms with Gasteiger partial charge in [-0.25, -0.2) is 4.79 Å². The number of amides is 1. The summed E-state index contributed by atoms with van der Waals surface area (Å²) in [4.78, 5) is 21.5. The molecular weight excluding hydrogens is 194 g/mol. The fourth-order valence-corrected chi connectivity index (χ4v) is 1.06. The van der Waals surface area contributed by atoms with Crippen LogP contribution in [0.25, 0.3) is 6.08 Å². The van der Waals surface area contributed by atoms with Crippen LogP contribution in [0.5, 0.6) is 0 Å². The minimum absolute atomic E-state index is 0.131. The van der Waals surface area contributed by atoms with Crippen molar-refractivity contribution >= 4 is 18.0 Å². The molecule has 0 aromatic heterocycles. The van der Waals surface area contributed by atoms with Crippen LogP contribution in [0.2, 0.25) is 0 Å². The van der Waals surface area contributed by atoms with Crippen LogP contribution in [0.15, 0.2) is 36.0 Å². The second-order valence-electron chi connectivity index (χ2n) is 2.96. The van der Waals surface area contributed by atoms with Crippen molar-refractivity contribution in [3.05, 3.63) is 41.6 Å². The first kappa shape index (κ1) is 11.0. The van der Waals surface area contributed by atoms with E-state index in [4.69, 9.17) is 5.11 Å². The highest BCUT2D eigenvalue weighted by atomic mass is 16.4. The normalized spacial score (nSPS) is 10.9. The van der Waals surface area contributed by atoms with Gasteiger partial charge in [0.25, 0.3) is 0 Å². The van der Waals surface area contributed by atoms with Crippen molar-refractivity contribution in [2.75, 3.05) is 0 Å². The average molecular weight is 205 g/mol. The van der Waals surface area contributed by atoms with Crippen molar-refractivity contribution in [2.45, 2.75) is 6.92 Å². The van der Waals surface area contributed by atoms with Crippen LogP contribution in [0.1, 0.15) is 12.5 Å². The topological polar surface area (TPSA) is 66.4 Å². The summed E-state index contributed by atoms with van der Waals surface area (Å²) >= 11 is 0. The Morgan fingerprint density at radius 2 is 1.87 bits per heavy atom. The van der Waals surface area contributed by atoms with E-state index in [1.165, 1.54) is 13.0 Å². The smallest absolute Gasteiger partial charge is 0.352 e. The van der Waals surface area contributed by atoms with Crippen LogP contribution >= 0.6 is 0 Å². The quantitative estimate of drug-likeness (QED) is 0.730. The zero-order valence-electron chi connectivity index (χ0n) is 8.23. The number of hydrogen-bond acceptors (Lipinski definition) is 2. The third kappa shape index (κ3) is 3.64. The van der Waals surface area contributed by atoms with Gasteiger partial charge in [-0.05, 0) is 11.6 Å². The zero-order valence-corrected chi connectivity index (χ0v) is 8.23. The maximum atomic E-state index is 10.8. The average Bonchev–Trinajstić information content (AvgIpc) is 2.17. The van der Waals surface area contributed by atoms with Crippen molar-refractivity contribution < 1.29 is 14.7 Å². The Balaban J connectivity index is 2.94. The van der Waals surface area contributed by atoms with Crippen LogP contribution in [0.3, 0.4) is 0 Å². The first-order valence-corrected chi connectivity index (χ1v) is 4.37. The standard InChI is InChI=1S/C11H11NO3/c1-8(13)12-10(11(14)15)7-9-5-3-2-4-6-9/h2-7H,1H3,(H,12,13)(H,14,15)/b10-7+. The molecule has 15 heavy (non-hydrogen) atoms. The summed E-state index contributed by atoms with van der Waals surface area (Å²) in [6.45, 7) is 1.27. The number of nitrogens with one attached hydrogen (secondary N) is 1. The monoisotopic (exact) mass is 205 g/mol. The van der Waals surface area contributed by atoms with Gasteiger partial charge in [0.1, 0.15) is 5.70 Å². The van der Waals surface area contributed by atoms with Crippen molar-refractivity contribution in [2.24, 2.45) is 0 Å². The van der Waals surface area contributed by atoms with Crippen LogP contribution in [-0.2, 0) is 9.59 Å². The van der Waals surface area contributed by atoms with E-state index in [1.54, 1.807) is 24.3 Å². The predicted octanol–water partition coefficient (Wildman–Crippen LogP) is 1.25. The lowest BCUT2D eigenvalue weighted by Crippen LogP contribution is -2.24. The maximum Gasteiger partial charge on any atom is 0.352 e. The summed E-state index contributed by atoms with van der Waals surface area (Å²) in [5, 5.41) is 11.1. The molecule has 1 aromatic carbocycles. The van der Waals surface area contributed by atoms with E-state index in [1.807, 2.05) is 6.07 Å². The highest BCUT2D eigenvalue weighted by molar-refractivity contribution is 5.96. The molecule has 1 rings (SSSR count).